The zero-order chi connectivity index (χ0) is 16.4. The van der Waals surface area contributed by atoms with Crippen LogP contribution in [0, 0.1) is 17.0 Å². The predicted octanol–water partition coefficient (Wildman–Crippen LogP) is 3.76. The molecule has 1 aromatic heterocycles. The van der Waals surface area contributed by atoms with Crippen molar-refractivity contribution in [1.82, 2.24) is 9.78 Å². The van der Waals surface area contributed by atoms with Crippen LogP contribution in [-0.4, -0.2) is 21.3 Å². The molecule has 2 rings (SSSR count). The molecular formula is C12H9F4N3O3. The largest absolute Gasteiger partial charge is 0.415 e. The summed E-state index contributed by atoms with van der Waals surface area (Å²) in [4.78, 5) is 10.1. The molecule has 0 fully saturated rings. The fourth-order valence-electron chi connectivity index (χ4n) is 1.90. The first-order valence-electron chi connectivity index (χ1n) is 5.87. The summed E-state index contributed by atoms with van der Waals surface area (Å²) in [6.45, 7) is -4.85. The lowest BCUT2D eigenvalue weighted by atomic mass is 10.1. The Kier molecular flexibility index (Phi) is 4.29. The molecule has 10 heteroatoms. The van der Waals surface area contributed by atoms with E-state index in [1.807, 2.05) is 0 Å². The summed E-state index contributed by atoms with van der Waals surface area (Å²) in [6.07, 6.45) is 0. The van der Waals surface area contributed by atoms with E-state index in [2.05, 4.69) is 9.84 Å². The first-order chi connectivity index (χ1) is 10.3. The molecule has 0 saturated heterocycles. The van der Waals surface area contributed by atoms with Crippen molar-refractivity contribution in [2.45, 2.75) is 20.1 Å². The highest BCUT2D eigenvalue weighted by Crippen LogP contribution is 2.31. The highest BCUT2D eigenvalue weighted by molar-refractivity contribution is 5.64. The standard InChI is InChI=1S/C12H9F4N3O3/c1-6-4-7(2-3-8(6)19(20)21)9-5-10(22-12(15)16)17-18(9)11(13)14/h2-5,11-12H,1H3. The maximum Gasteiger partial charge on any atom is 0.388 e. The number of nitrogens with zero attached hydrogens (tertiary/aromatic N) is 3. The van der Waals surface area contributed by atoms with Gasteiger partial charge in [0.1, 0.15) is 0 Å². The van der Waals surface area contributed by atoms with Crippen molar-refractivity contribution in [3.05, 3.63) is 39.9 Å². The lowest BCUT2D eigenvalue weighted by Gasteiger charge is -2.06. The molecule has 118 valence electrons. The Bertz CT molecular complexity index is 703. The number of ether oxygens (including phenoxy) is 1. The van der Waals surface area contributed by atoms with Gasteiger partial charge >= 0.3 is 13.2 Å². The van der Waals surface area contributed by atoms with Gasteiger partial charge in [-0.3, -0.25) is 10.1 Å². The molecule has 22 heavy (non-hydrogen) atoms. The summed E-state index contributed by atoms with van der Waals surface area (Å²) in [6, 6.07) is 4.58. The van der Waals surface area contributed by atoms with Gasteiger partial charge in [-0.15, -0.1) is 5.10 Å². The summed E-state index contributed by atoms with van der Waals surface area (Å²) < 4.78 is 54.3. The van der Waals surface area contributed by atoms with Crippen molar-refractivity contribution in [2.24, 2.45) is 0 Å². The molecule has 0 atom stereocenters. The van der Waals surface area contributed by atoms with Gasteiger partial charge in [0, 0.05) is 23.3 Å². The number of halogens is 4. The zero-order valence-electron chi connectivity index (χ0n) is 11.0. The lowest BCUT2D eigenvalue weighted by molar-refractivity contribution is -0.385. The van der Waals surface area contributed by atoms with Gasteiger partial charge in [-0.05, 0) is 19.1 Å². The molecule has 0 spiro atoms. The summed E-state index contributed by atoms with van der Waals surface area (Å²) in [5, 5.41) is 14.0. The fraction of sp³-hybridized carbons (Fsp3) is 0.250. The third-order valence-electron chi connectivity index (χ3n) is 2.80. The van der Waals surface area contributed by atoms with Crippen LogP contribution in [-0.2, 0) is 0 Å². The highest BCUT2D eigenvalue weighted by Gasteiger charge is 2.20. The van der Waals surface area contributed by atoms with E-state index in [4.69, 9.17) is 0 Å². The second-order valence-electron chi connectivity index (χ2n) is 4.23. The van der Waals surface area contributed by atoms with Crippen LogP contribution >= 0.6 is 0 Å². The van der Waals surface area contributed by atoms with Gasteiger partial charge < -0.3 is 4.74 Å². The normalized spacial score (nSPS) is 11.2. The van der Waals surface area contributed by atoms with Crippen molar-refractivity contribution in [3.63, 3.8) is 0 Å². The molecule has 0 aliphatic heterocycles. The minimum atomic E-state index is -3.20. The Morgan fingerprint density at radius 2 is 1.95 bits per heavy atom. The molecular weight excluding hydrogens is 310 g/mol. The second kappa shape index (κ2) is 6.00. The minimum absolute atomic E-state index is 0.167. The Morgan fingerprint density at radius 3 is 2.45 bits per heavy atom. The second-order valence-corrected chi connectivity index (χ2v) is 4.23. The Hall–Kier alpha value is -2.65. The maximum absolute atomic E-state index is 12.9. The van der Waals surface area contributed by atoms with Gasteiger partial charge in [-0.25, -0.2) is 0 Å². The van der Waals surface area contributed by atoms with E-state index in [0.29, 0.717) is 0 Å². The molecule has 1 heterocycles. The van der Waals surface area contributed by atoms with Gasteiger partial charge in [0.15, 0.2) is 0 Å². The summed E-state index contributed by atoms with van der Waals surface area (Å²) in [5.74, 6) is -0.665. The van der Waals surface area contributed by atoms with Crippen molar-refractivity contribution < 1.29 is 27.2 Å². The van der Waals surface area contributed by atoms with Crippen molar-refractivity contribution in [2.75, 3.05) is 0 Å². The SMILES string of the molecule is Cc1cc(-c2cc(OC(F)F)nn2C(F)F)ccc1[N+](=O)[O-]. The molecule has 0 amide bonds. The van der Waals surface area contributed by atoms with E-state index < -0.39 is 24.0 Å². The van der Waals surface area contributed by atoms with Crippen LogP contribution < -0.4 is 4.74 Å². The van der Waals surface area contributed by atoms with Crippen molar-refractivity contribution in [1.29, 1.82) is 0 Å². The van der Waals surface area contributed by atoms with Crippen molar-refractivity contribution in [3.8, 4) is 17.1 Å². The number of aryl methyl sites for hydroxylation is 1. The molecule has 0 bridgehead atoms. The van der Waals surface area contributed by atoms with Gasteiger partial charge in [0.25, 0.3) is 5.69 Å². The number of nitro groups is 1. The predicted molar refractivity (Wildman–Crippen MR) is 66.9 cm³/mol. The van der Waals surface area contributed by atoms with Gasteiger partial charge in [-0.2, -0.15) is 22.2 Å². The van der Waals surface area contributed by atoms with E-state index in [-0.39, 0.29) is 27.2 Å². The highest BCUT2D eigenvalue weighted by atomic mass is 19.3. The quantitative estimate of drug-likeness (QED) is 0.478. The number of aromatic nitrogens is 2. The molecule has 0 unspecified atom stereocenters. The Labute approximate surface area is 121 Å². The van der Waals surface area contributed by atoms with Gasteiger partial charge in [-0.1, -0.05) is 0 Å². The molecule has 1 aromatic carbocycles. The molecule has 0 aliphatic rings. The van der Waals surface area contributed by atoms with Crippen LogP contribution in [0.1, 0.15) is 12.1 Å². The minimum Gasteiger partial charge on any atom is -0.415 e. The molecule has 2 aromatic rings. The average molecular weight is 319 g/mol. The molecule has 0 radical (unpaired) electrons. The number of alkyl halides is 4. The maximum atomic E-state index is 12.9. The number of benzene rings is 1. The first kappa shape index (κ1) is 15.7. The number of hydrogen-bond acceptors (Lipinski definition) is 4. The first-order valence-corrected chi connectivity index (χ1v) is 5.87. The van der Waals surface area contributed by atoms with Crippen LogP contribution in [0.15, 0.2) is 24.3 Å². The fourth-order valence-corrected chi connectivity index (χ4v) is 1.90. The van der Waals surface area contributed by atoms with Gasteiger partial charge in [0.2, 0.25) is 5.88 Å². The summed E-state index contributed by atoms with van der Waals surface area (Å²) in [7, 11) is 0. The lowest BCUT2D eigenvalue weighted by Crippen LogP contribution is -2.05. The summed E-state index contributed by atoms with van der Waals surface area (Å²) in [5.41, 5.74) is 0.0282. The van der Waals surface area contributed by atoms with Crippen LogP contribution in [0.2, 0.25) is 0 Å². The smallest absolute Gasteiger partial charge is 0.388 e. The van der Waals surface area contributed by atoms with E-state index in [0.717, 1.165) is 12.1 Å². The van der Waals surface area contributed by atoms with Crippen LogP contribution in [0.25, 0.3) is 11.3 Å². The molecule has 6 nitrogen and oxygen atoms in total. The third kappa shape index (κ3) is 3.15. The molecule has 0 saturated carbocycles. The number of nitro benzene ring substituents is 1. The summed E-state index contributed by atoms with van der Waals surface area (Å²) >= 11 is 0. The van der Waals surface area contributed by atoms with Gasteiger partial charge in [0.05, 0.1) is 10.6 Å². The number of rotatable bonds is 5. The molecule has 0 N–H and O–H groups in total. The zero-order valence-corrected chi connectivity index (χ0v) is 11.0. The topological polar surface area (TPSA) is 70.2 Å². The third-order valence-corrected chi connectivity index (χ3v) is 2.80. The average Bonchev–Trinajstić information content (AvgIpc) is 2.81. The van der Waals surface area contributed by atoms with Crippen molar-refractivity contribution >= 4 is 5.69 Å². The van der Waals surface area contributed by atoms with Crippen LogP contribution in [0.4, 0.5) is 23.2 Å². The Balaban J connectivity index is 2.49. The van der Waals surface area contributed by atoms with Crippen LogP contribution in [0.3, 0.4) is 0 Å². The van der Waals surface area contributed by atoms with E-state index in [9.17, 15) is 27.7 Å². The molecule has 0 aliphatic carbocycles. The van der Waals surface area contributed by atoms with E-state index >= 15 is 0 Å². The van der Waals surface area contributed by atoms with E-state index in [1.165, 1.54) is 19.1 Å². The number of hydrogen-bond donors (Lipinski definition) is 0. The van der Waals surface area contributed by atoms with E-state index in [1.54, 1.807) is 0 Å². The monoisotopic (exact) mass is 319 g/mol. The van der Waals surface area contributed by atoms with Crippen LogP contribution in [0.5, 0.6) is 5.88 Å². The Morgan fingerprint density at radius 1 is 1.27 bits per heavy atom.